The van der Waals surface area contributed by atoms with Crippen LogP contribution in [-0.2, 0) is 6.42 Å². The molecule has 27 heavy (non-hydrogen) atoms. The normalized spacial score (nSPS) is 12.6. The Morgan fingerprint density at radius 2 is 2.00 bits per heavy atom. The number of nitrogens with two attached hydrogens (primary N) is 1. The molecular formula is C21H28IN5. The minimum absolute atomic E-state index is 0. The second-order valence-electron chi connectivity index (χ2n) is 6.73. The van der Waals surface area contributed by atoms with Crippen LogP contribution < -0.4 is 11.1 Å². The molecule has 3 rings (SSSR count). The average Bonchev–Trinajstić information content (AvgIpc) is 3.06. The standard InChI is InChI=1S/C21H27N5.HI/c1-4-15(2)17-7-9-18(10-8-17)25-21(22)23-12-11-19-14-26-13-5-6-16(3)20(26)24-19;/h5-10,13-15H,4,11-12H2,1-3H3,(H3,22,23,25);1H. The number of aryl methyl sites for hydroxylation is 1. The first-order valence-electron chi connectivity index (χ1n) is 9.17. The van der Waals surface area contributed by atoms with Crippen LogP contribution in [0.5, 0.6) is 0 Å². The lowest BCUT2D eigenvalue weighted by molar-refractivity contribution is 0.734. The zero-order chi connectivity index (χ0) is 18.5. The van der Waals surface area contributed by atoms with E-state index in [1.807, 2.05) is 12.3 Å². The summed E-state index contributed by atoms with van der Waals surface area (Å²) < 4.78 is 2.05. The molecule has 0 saturated carbocycles. The Kier molecular flexibility index (Phi) is 7.65. The molecule has 1 unspecified atom stereocenters. The highest BCUT2D eigenvalue weighted by Gasteiger charge is 2.04. The van der Waals surface area contributed by atoms with E-state index in [2.05, 4.69) is 77.0 Å². The number of benzene rings is 1. The predicted octanol–water partition coefficient (Wildman–Crippen LogP) is 4.74. The average molecular weight is 477 g/mol. The van der Waals surface area contributed by atoms with Crippen LogP contribution in [0.25, 0.3) is 5.65 Å². The fourth-order valence-corrected chi connectivity index (χ4v) is 2.93. The van der Waals surface area contributed by atoms with Crippen molar-refractivity contribution in [2.75, 3.05) is 11.9 Å². The molecule has 0 radical (unpaired) electrons. The van der Waals surface area contributed by atoms with Gasteiger partial charge in [0.2, 0.25) is 0 Å². The van der Waals surface area contributed by atoms with Crippen molar-refractivity contribution >= 4 is 41.3 Å². The lowest BCUT2D eigenvalue weighted by Crippen LogP contribution is -2.23. The van der Waals surface area contributed by atoms with E-state index in [1.165, 1.54) is 11.1 Å². The third kappa shape index (κ3) is 5.45. The maximum atomic E-state index is 6.01. The van der Waals surface area contributed by atoms with Gasteiger partial charge in [-0.25, -0.2) is 4.98 Å². The molecule has 0 aliphatic heterocycles. The van der Waals surface area contributed by atoms with Crippen molar-refractivity contribution in [3.63, 3.8) is 0 Å². The van der Waals surface area contributed by atoms with Crippen LogP contribution >= 0.6 is 24.0 Å². The van der Waals surface area contributed by atoms with E-state index in [0.29, 0.717) is 18.4 Å². The predicted molar refractivity (Wildman–Crippen MR) is 124 cm³/mol. The number of rotatable bonds is 6. The molecule has 0 fully saturated rings. The van der Waals surface area contributed by atoms with Crippen molar-refractivity contribution in [1.82, 2.24) is 9.38 Å². The minimum atomic E-state index is 0. The molecule has 2 heterocycles. The van der Waals surface area contributed by atoms with Crippen LogP contribution in [0.1, 0.15) is 43.0 Å². The molecule has 0 saturated heterocycles. The van der Waals surface area contributed by atoms with Gasteiger partial charge in [0.05, 0.1) is 5.69 Å². The lowest BCUT2D eigenvalue weighted by Gasteiger charge is -2.10. The zero-order valence-corrected chi connectivity index (χ0v) is 18.5. The number of imidazole rings is 1. The lowest BCUT2D eigenvalue weighted by atomic mass is 9.99. The molecule has 3 N–H and O–H groups in total. The van der Waals surface area contributed by atoms with Gasteiger partial charge in [-0.1, -0.05) is 32.0 Å². The molecule has 1 atom stereocenters. The number of anilines is 1. The first-order chi connectivity index (χ1) is 12.6. The Morgan fingerprint density at radius 1 is 1.26 bits per heavy atom. The highest BCUT2D eigenvalue weighted by molar-refractivity contribution is 14.0. The van der Waals surface area contributed by atoms with Crippen LogP contribution in [0.3, 0.4) is 0 Å². The van der Waals surface area contributed by atoms with E-state index in [0.717, 1.165) is 29.9 Å². The van der Waals surface area contributed by atoms with Crippen LogP contribution in [0.15, 0.2) is 53.8 Å². The summed E-state index contributed by atoms with van der Waals surface area (Å²) in [6.07, 6.45) is 5.96. The van der Waals surface area contributed by atoms with Gasteiger partial charge in [-0.05, 0) is 48.6 Å². The number of guanidine groups is 1. The van der Waals surface area contributed by atoms with Gasteiger partial charge >= 0.3 is 0 Å². The van der Waals surface area contributed by atoms with Gasteiger partial charge in [-0.15, -0.1) is 24.0 Å². The fourth-order valence-electron chi connectivity index (χ4n) is 2.93. The van der Waals surface area contributed by atoms with Crippen molar-refractivity contribution in [2.24, 2.45) is 10.7 Å². The summed E-state index contributed by atoms with van der Waals surface area (Å²) in [7, 11) is 0. The maximum Gasteiger partial charge on any atom is 0.193 e. The van der Waals surface area contributed by atoms with Crippen molar-refractivity contribution in [2.45, 2.75) is 39.5 Å². The zero-order valence-electron chi connectivity index (χ0n) is 16.1. The Labute approximate surface area is 178 Å². The Bertz CT molecular complexity index is 899. The first-order valence-corrected chi connectivity index (χ1v) is 9.17. The number of fused-ring (bicyclic) bond motifs is 1. The molecule has 0 amide bonds. The fraction of sp³-hybridized carbons (Fsp3) is 0.333. The molecule has 0 spiro atoms. The molecule has 5 nitrogen and oxygen atoms in total. The summed E-state index contributed by atoms with van der Waals surface area (Å²) >= 11 is 0. The van der Waals surface area contributed by atoms with Gasteiger partial charge in [-0.3, -0.25) is 4.99 Å². The van der Waals surface area contributed by atoms with Gasteiger partial charge in [-0.2, -0.15) is 0 Å². The van der Waals surface area contributed by atoms with Crippen molar-refractivity contribution in [3.8, 4) is 0 Å². The highest BCUT2D eigenvalue weighted by atomic mass is 127. The molecule has 2 aromatic heterocycles. The highest BCUT2D eigenvalue weighted by Crippen LogP contribution is 2.20. The van der Waals surface area contributed by atoms with Crippen LogP contribution in [0.2, 0.25) is 0 Å². The summed E-state index contributed by atoms with van der Waals surface area (Å²) in [5.41, 5.74) is 11.5. The number of hydrogen-bond acceptors (Lipinski definition) is 2. The molecule has 0 aliphatic rings. The summed E-state index contributed by atoms with van der Waals surface area (Å²) in [5.74, 6) is 1.00. The summed E-state index contributed by atoms with van der Waals surface area (Å²) in [4.78, 5) is 9.07. The number of nitrogens with zero attached hydrogens (tertiary/aromatic N) is 3. The molecular weight excluding hydrogens is 449 g/mol. The second kappa shape index (κ2) is 9.73. The molecule has 6 heteroatoms. The van der Waals surface area contributed by atoms with Gasteiger partial charge in [0.1, 0.15) is 5.65 Å². The molecule has 144 valence electrons. The Balaban J connectivity index is 0.00000261. The molecule has 3 aromatic rings. The second-order valence-corrected chi connectivity index (χ2v) is 6.73. The molecule has 0 bridgehead atoms. The van der Waals surface area contributed by atoms with E-state index in [9.17, 15) is 0 Å². The SMILES string of the molecule is CCC(C)c1ccc(NC(N)=NCCc2cn3cccc(C)c3n2)cc1.I. The van der Waals surface area contributed by atoms with Gasteiger partial charge in [0.25, 0.3) is 0 Å². The number of halogens is 1. The van der Waals surface area contributed by atoms with Gasteiger partial charge in [0, 0.05) is 31.0 Å². The van der Waals surface area contributed by atoms with Gasteiger partial charge < -0.3 is 15.5 Å². The summed E-state index contributed by atoms with van der Waals surface area (Å²) in [5, 5.41) is 3.15. The quantitative estimate of drug-likeness (QED) is 0.306. The topological polar surface area (TPSA) is 67.7 Å². The monoisotopic (exact) mass is 477 g/mol. The van der Waals surface area contributed by atoms with Gasteiger partial charge in [0.15, 0.2) is 5.96 Å². The van der Waals surface area contributed by atoms with Crippen LogP contribution in [-0.4, -0.2) is 21.9 Å². The van der Waals surface area contributed by atoms with E-state index in [4.69, 9.17) is 5.73 Å². The third-order valence-corrected chi connectivity index (χ3v) is 4.74. The number of aliphatic imine (C=N–C) groups is 1. The summed E-state index contributed by atoms with van der Waals surface area (Å²) in [6, 6.07) is 12.5. The van der Waals surface area contributed by atoms with E-state index in [1.54, 1.807) is 0 Å². The molecule has 0 aliphatic carbocycles. The van der Waals surface area contributed by atoms with E-state index in [-0.39, 0.29) is 24.0 Å². The summed E-state index contributed by atoms with van der Waals surface area (Å²) in [6.45, 7) is 7.11. The van der Waals surface area contributed by atoms with E-state index < -0.39 is 0 Å². The third-order valence-electron chi connectivity index (χ3n) is 4.74. The number of aromatic nitrogens is 2. The van der Waals surface area contributed by atoms with E-state index >= 15 is 0 Å². The minimum Gasteiger partial charge on any atom is -0.370 e. The smallest absolute Gasteiger partial charge is 0.193 e. The van der Waals surface area contributed by atoms with Crippen molar-refractivity contribution < 1.29 is 0 Å². The number of hydrogen-bond donors (Lipinski definition) is 2. The molecule has 1 aromatic carbocycles. The van der Waals surface area contributed by atoms with Crippen LogP contribution in [0, 0.1) is 6.92 Å². The maximum absolute atomic E-state index is 6.01. The largest absolute Gasteiger partial charge is 0.370 e. The van der Waals surface area contributed by atoms with Crippen LogP contribution in [0.4, 0.5) is 5.69 Å². The number of nitrogens with one attached hydrogen (secondary N) is 1. The first kappa shape index (κ1) is 21.2. The Morgan fingerprint density at radius 3 is 2.67 bits per heavy atom. The van der Waals surface area contributed by atoms with Crippen molar-refractivity contribution in [3.05, 3.63) is 65.6 Å². The number of pyridine rings is 1. The van der Waals surface area contributed by atoms with Crippen molar-refractivity contribution in [1.29, 1.82) is 0 Å². The Hall–Kier alpha value is -2.09.